The summed E-state index contributed by atoms with van der Waals surface area (Å²) < 4.78 is 0.391. The van der Waals surface area contributed by atoms with Crippen LogP contribution in [0.5, 0.6) is 0 Å². The van der Waals surface area contributed by atoms with E-state index in [0.717, 1.165) is 0 Å². The van der Waals surface area contributed by atoms with Gasteiger partial charge >= 0.3 is 12.1 Å². The molecule has 1 rings (SSSR count). The summed E-state index contributed by atoms with van der Waals surface area (Å²) in [5.74, 6) is -1.14. The Kier molecular flexibility index (Phi) is 1.35. The Morgan fingerprint density at radius 1 is 2.00 bits per heavy atom. The number of carbonyl (C=O) groups is 1. The van der Waals surface area contributed by atoms with E-state index in [9.17, 15) is 10.0 Å². The van der Waals surface area contributed by atoms with Crippen molar-refractivity contribution in [3.05, 3.63) is 5.21 Å². The molecule has 1 unspecified atom stereocenters. The van der Waals surface area contributed by atoms with Crippen LogP contribution >= 0.6 is 0 Å². The van der Waals surface area contributed by atoms with E-state index in [-0.39, 0.29) is 0 Å². The molecule has 0 spiro atoms. The van der Waals surface area contributed by atoms with E-state index < -0.39 is 12.1 Å². The van der Waals surface area contributed by atoms with Crippen molar-refractivity contribution in [2.24, 2.45) is 0 Å². The predicted molar refractivity (Wildman–Crippen MR) is 29.1 cm³/mol. The highest BCUT2D eigenvalue weighted by Gasteiger charge is 2.28. The molecular formula is C4H6N2O3. The van der Waals surface area contributed by atoms with Crippen molar-refractivity contribution < 1.29 is 14.6 Å². The standard InChI is InChI=1S/C4H6N2O3/c7-4(8)3-5-1-2-6(3)9/h2-3,5H,1H2,(H,7,8). The van der Waals surface area contributed by atoms with Crippen LogP contribution in [0.3, 0.4) is 0 Å². The number of hydrogen-bond acceptors (Lipinski definition) is 3. The quantitative estimate of drug-likeness (QED) is 0.337. The molecule has 0 saturated heterocycles. The van der Waals surface area contributed by atoms with Gasteiger partial charge in [-0.15, -0.1) is 0 Å². The molecule has 5 heteroatoms. The second-order valence-corrected chi connectivity index (χ2v) is 1.69. The van der Waals surface area contributed by atoms with Gasteiger partial charge < -0.3 is 10.3 Å². The van der Waals surface area contributed by atoms with Gasteiger partial charge in [-0.3, -0.25) is 0 Å². The number of hydroxylamine groups is 1. The Hall–Kier alpha value is -1.10. The fourth-order valence-corrected chi connectivity index (χ4v) is 0.646. The molecule has 0 aromatic heterocycles. The fraction of sp³-hybridized carbons (Fsp3) is 0.500. The summed E-state index contributed by atoms with van der Waals surface area (Å²) in [5, 5.41) is 21.2. The molecule has 0 aromatic rings. The molecule has 0 saturated carbocycles. The third kappa shape index (κ3) is 0.996. The van der Waals surface area contributed by atoms with Gasteiger partial charge in [0.05, 0.1) is 6.54 Å². The molecule has 9 heavy (non-hydrogen) atoms. The van der Waals surface area contributed by atoms with E-state index in [1.54, 1.807) is 0 Å². The summed E-state index contributed by atoms with van der Waals surface area (Å²) >= 11 is 0. The number of hydrogen-bond donors (Lipinski definition) is 2. The number of aliphatic carboxylic acids is 1. The van der Waals surface area contributed by atoms with Crippen LogP contribution in [0.2, 0.25) is 0 Å². The maximum atomic E-state index is 10.4. The number of rotatable bonds is 1. The summed E-state index contributed by atoms with van der Waals surface area (Å²) in [5.41, 5.74) is 0. The van der Waals surface area contributed by atoms with Crippen molar-refractivity contribution in [1.29, 1.82) is 0 Å². The van der Waals surface area contributed by atoms with E-state index >= 15 is 0 Å². The molecule has 0 amide bonds. The van der Waals surface area contributed by atoms with E-state index in [4.69, 9.17) is 5.11 Å². The van der Waals surface area contributed by atoms with Gasteiger partial charge in [0.2, 0.25) is 0 Å². The van der Waals surface area contributed by atoms with Crippen LogP contribution < -0.4 is 5.32 Å². The van der Waals surface area contributed by atoms with Crippen molar-refractivity contribution in [3.63, 3.8) is 0 Å². The van der Waals surface area contributed by atoms with Gasteiger partial charge in [-0.05, 0) is 0 Å². The highest BCUT2D eigenvalue weighted by atomic mass is 16.5. The molecule has 1 aliphatic rings. The van der Waals surface area contributed by atoms with Crippen molar-refractivity contribution in [2.45, 2.75) is 6.17 Å². The van der Waals surface area contributed by atoms with Crippen LogP contribution in [0.4, 0.5) is 0 Å². The number of carboxylic acid groups (broad SMARTS) is 1. The van der Waals surface area contributed by atoms with Crippen LogP contribution in [0.25, 0.3) is 0 Å². The first-order chi connectivity index (χ1) is 4.22. The van der Waals surface area contributed by atoms with Gasteiger partial charge in [-0.2, -0.15) is 4.74 Å². The van der Waals surface area contributed by atoms with Gasteiger partial charge in [0, 0.05) is 0 Å². The molecule has 1 atom stereocenters. The molecule has 0 bridgehead atoms. The Labute approximate surface area is 51.2 Å². The monoisotopic (exact) mass is 130 g/mol. The van der Waals surface area contributed by atoms with E-state index in [1.807, 2.05) is 0 Å². The average molecular weight is 130 g/mol. The first kappa shape index (κ1) is 6.03. The lowest BCUT2D eigenvalue weighted by Crippen LogP contribution is -2.37. The van der Waals surface area contributed by atoms with Gasteiger partial charge in [-0.25, -0.2) is 10.1 Å². The normalized spacial score (nSPS) is 25.8. The lowest BCUT2D eigenvalue weighted by molar-refractivity contribution is -0.480. The summed E-state index contributed by atoms with van der Waals surface area (Å²) in [6, 6.07) is 0. The second-order valence-electron chi connectivity index (χ2n) is 1.69. The molecule has 1 heterocycles. The largest absolute Gasteiger partial charge is 0.622 e. The maximum absolute atomic E-state index is 10.4. The molecule has 0 aromatic carbocycles. The van der Waals surface area contributed by atoms with E-state index in [0.29, 0.717) is 11.3 Å². The van der Waals surface area contributed by atoms with Gasteiger partial charge in [0.1, 0.15) is 0 Å². The molecule has 0 fully saturated rings. The summed E-state index contributed by atoms with van der Waals surface area (Å²) in [4.78, 5) is 10.1. The van der Waals surface area contributed by atoms with Crippen LogP contribution in [0.1, 0.15) is 0 Å². The Morgan fingerprint density at radius 2 is 2.67 bits per heavy atom. The zero-order valence-corrected chi connectivity index (χ0v) is 4.57. The third-order valence-corrected chi connectivity index (χ3v) is 1.07. The van der Waals surface area contributed by atoms with Gasteiger partial charge in [0.15, 0.2) is 6.21 Å². The first-order valence-electron chi connectivity index (χ1n) is 2.47. The van der Waals surface area contributed by atoms with Crippen molar-refractivity contribution in [1.82, 2.24) is 5.32 Å². The Balaban J connectivity index is 2.63. The lowest BCUT2D eigenvalue weighted by Gasteiger charge is -2.04. The Morgan fingerprint density at radius 3 is 2.89 bits per heavy atom. The van der Waals surface area contributed by atoms with Crippen LogP contribution in [-0.2, 0) is 4.79 Å². The summed E-state index contributed by atoms with van der Waals surface area (Å²) in [7, 11) is 0. The zero-order valence-electron chi connectivity index (χ0n) is 4.57. The van der Waals surface area contributed by atoms with E-state index in [1.165, 1.54) is 6.21 Å². The summed E-state index contributed by atoms with van der Waals surface area (Å²) in [6.07, 6.45) is 0.170. The van der Waals surface area contributed by atoms with Crippen LogP contribution in [0, 0.1) is 5.21 Å². The topological polar surface area (TPSA) is 75.4 Å². The van der Waals surface area contributed by atoms with E-state index in [2.05, 4.69) is 5.32 Å². The SMILES string of the molecule is O=C(O)C1NCC=[N+]1[O-]. The molecular weight excluding hydrogens is 124 g/mol. The van der Waals surface area contributed by atoms with Crippen molar-refractivity contribution in [3.8, 4) is 0 Å². The maximum Gasteiger partial charge on any atom is 0.391 e. The highest BCUT2D eigenvalue weighted by molar-refractivity contribution is 5.74. The molecule has 2 N–H and O–H groups in total. The fourth-order valence-electron chi connectivity index (χ4n) is 0.646. The number of nitrogens with zero attached hydrogens (tertiary/aromatic N) is 1. The smallest absolute Gasteiger partial charge is 0.391 e. The minimum Gasteiger partial charge on any atom is -0.622 e. The number of nitrogens with one attached hydrogen (secondary N) is 1. The molecule has 5 nitrogen and oxygen atoms in total. The lowest BCUT2D eigenvalue weighted by atomic mass is 10.5. The molecule has 0 radical (unpaired) electrons. The molecule has 50 valence electrons. The predicted octanol–water partition coefficient (Wildman–Crippen LogP) is -1.42. The minimum absolute atomic E-state index is 0.334. The van der Waals surface area contributed by atoms with Gasteiger partial charge in [0.25, 0.3) is 0 Å². The van der Waals surface area contributed by atoms with Crippen molar-refractivity contribution >= 4 is 12.2 Å². The second kappa shape index (κ2) is 2.02. The molecule has 1 aliphatic heterocycles. The van der Waals surface area contributed by atoms with Crippen molar-refractivity contribution in [2.75, 3.05) is 6.54 Å². The average Bonchev–Trinajstić information content (AvgIpc) is 2.13. The zero-order chi connectivity index (χ0) is 6.85. The van der Waals surface area contributed by atoms with Gasteiger partial charge in [-0.1, -0.05) is 0 Å². The summed E-state index contributed by atoms with van der Waals surface area (Å²) in [6.45, 7) is 0.334. The highest BCUT2D eigenvalue weighted by Crippen LogP contribution is 1.89. The first-order valence-corrected chi connectivity index (χ1v) is 2.47. The third-order valence-electron chi connectivity index (χ3n) is 1.07. The Bertz CT molecular complexity index is 165. The minimum atomic E-state index is -1.14. The van der Waals surface area contributed by atoms with Crippen LogP contribution in [-0.4, -0.2) is 34.7 Å². The number of carboxylic acids is 1. The van der Waals surface area contributed by atoms with Crippen LogP contribution in [0.15, 0.2) is 0 Å². The molecule has 0 aliphatic carbocycles.